The smallest absolute Gasteiger partial charge is 0.166 e. The molecule has 2 nitrogen and oxygen atoms in total. The van der Waals surface area contributed by atoms with E-state index in [4.69, 9.17) is 4.74 Å². The van der Waals surface area contributed by atoms with Gasteiger partial charge in [0.1, 0.15) is 6.61 Å². The van der Waals surface area contributed by atoms with Crippen molar-refractivity contribution in [2.45, 2.75) is 44.6 Å². The Morgan fingerprint density at radius 1 is 1.21 bits per heavy atom. The highest BCUT2D eigenvalue weighted by molar-refractivity contribution is 9.10. The fourth-order valence-electron chi connectivity index (χ4n) is 2.50. The van der Waals surface area contributed by atoms with E-state index in [1.807, 2.05) is 0 Å². The summed E-state index contributed by atoms with van der Waals surface area (Å²) in [7, 11) is 0. The van der Waals surface area contributed by atoms with Gasteiger partial charge in [0.25, 0.3) is 0 Å². The zero-order valence-corrected chi connectivity index (χ0v) is 12.7. The fourth-order valence-corrected chi connectivity index (χ4v) is 2.83. The minimum atomic E-state index is -0.316. The van der Waals surface area contributed by atoms with Crippen molar-refractivity contribution >= 4 is 15.9 Å². The van der Waals surface area contributed by atoms with E-state index in [2.05, 4.69) is 21.2 Å². The Balaban J connectivity index is 1.68. The standard InChI is InChI=1S/C15H21BrFNO/c16-12-7-8-15(14(17)11-12)19-10-9-18-13-5-3-1-2-4-6-13/h7-8,11,13,18H,1-6,9-10H2. The van der Waals surface area contributed by atoms with Gasteiger partial charge in [-0.15, -0.1) is 0 Å². The summed E-state index contributed by atoms with van der Waals surface area (Å²) in [6, 6.07) is 5.48. The highest BCUT2D eigenvalue weighted by Crippen LogP contribution is 2.21. The third-order valence-corrected chi connectivity index (χ3v) is 4.03. The second-order valence-electron chi connectivity index (χ2n) is 5.07. The number of benzene rings is 1. The maximum absolute atomic E-state index is 13.5. The Kier molecular flexibility index (Phi) is 6.11. The molecule has 1 aromatic carbocycles. The molecule has 1 aromatic rings. The van der Waals surface area contributed by atoms with Crippen LogP contribution in [0.4, 0.5) is 4.39 Å². The average molecular weight is 330 g/mol. The lowest BCUT2D eigenvalue weighted by Crippen LogP contribution is -2.32. The summed E-state index contributed by atoms with van der Waals surface area (Å²) in [5.41, 5.74) is 0. The zero-order valence-electron chi connectivity index (χ0n) is 11.1. The van der Waals surface area contributed by atoms with Crippen LogP contribution in [0.2, 0.25) is 0 Å². The van der Waals surface area contributed by atoms with Gasteiger partial charge in [-0.3, -0.25) is 0 Å². The number of rotatable bonds is 5. The van der Waals surface area contributed by atoms with E-state index < -0.39 is 0 Å². The molecule has 1 aliphatic rings. The van der Waals surface area contributed by atoms with Crippen molar-refractivity contribution in [1.29, 1.82) is 0 Å². The average Bonchev–Trinajstić information content (AvgIpc) is 2.65. The molecule has 2 rings (SSSR count). The Morgan fingerprint density at radius 3 is 2.63 bits per heavy atom. The van der Waals surface area contributed by atoms with E-state index in [1.165, 1.54) is 44.6 Å². The van der Waals surface area contributed by atoms with Crippen molar-refractivity contribution in [3.8, 4) is 5.75 Å². The maximum Gasteiger partial charge on any atom is 0.166 e. The number of halogens is 2. The summed E-state index contributed by atoms with van der Waals surface area (Å²) < 4.78 is 19.7. The minimum absolute atomic E-state index is 0.316. The normalized spacial score (nSPS) is 17.2. The first-order valence-electron chi connectivity index (χ1n) is 7.07. The largest absolute Gasteiger partial charge is 0.489 e. The van der Waals surface area contributed by atoms with Crippen LogP contribution in [0.1, 0.15) is 38.5 Å². The molecule has 0 aliphatic heterocycles. The quantitative estimate of drug-likeness (QED) is 0.643. The van der Waals surface area contributed by atoms with Gasteiger partial charge in [-0.2, -0.15) is 0 Å². The first-order chi connectivity index (χ1) is 9.25. The monoisotopic (exact) mass is 329 g/mol. The first-order valence-corrected chi connectivity index (χ1v) is 7.86. The molecule has 1 saturated carbocycles. The van der Waals surface area contributed by atoms with Gasteiger partial charge in [-0.05, 0) is 31.0 Å². The Hall–Kier alpha value is -0.610. The molecule has 0 spiro atoms. The highest BCUT2D eigenvalue weighted by atomic mass is 79.9. The van der Waals surface area contributed by atoms with E-state index in [9.17, 15) is 4.39 Å². The van der Waals surface area contributed by atoms with Gasteiger partial charge in [0.2, 0.25) is 0 Å². The topological polar surface area (TPSA) is 21.3 Å². The van der Waals surface area contributed by atoms with Gasteiger partial charge in [0, 0.05) is 17.1 Å². The molecule has 4 heteroatoms. The molecule has 106 valence electrons. The van der Waals surface area contributed by atoms with E-state index in [-0.39, 0.29) is 5.82 Å². The van der Waals surface area contributed by atoms with Crippen LogP contribution < -0.4 is 10.1 Å². The van der Waals surface area contributed by atoms with E-state index in [1.54, 1.807) is 12.1 Å². The molecule has 19 heavy (non-hydrogen) atoms. The number of hydrogen-bond donors (Lipinski definition) is 1. The van der Waals surface area contributed by atoms with E-state index in [0.29, 0.717) is 18.4 Å². The van der Waals surface area contributed by atoms with E-state index >= 15 is 0 Å². The Labute approximate surface area is 122 Å². The van der Waals surface area contributed by atoms with Crippen molar-refractivity contribution < 1.29 is 9.13 Å². The van der Waals surface area contributed by atoms with Gasteiger partial charge in [0.05, 0.1) is 0 Å². The molecule has 0 amide bonds. The summed E-state index contributed by atoms with van der Waals surface area (Å²) in [4.78, 5) is 0. The molecule has 1 aliphatic carbocycles. The van der Waals surface area contributed by atoms with Crippen LogP contribution in [0.5, 0.6) is 5.75 Å². The second-order valence-corrected chi connectivity index (χ2v) is 5.98. The summed E-state index contributed by atoms with van der Waals surface area (Å²) in [6.07, 6.45) is 7.87. The van der Waals surface area contributed by atoms with Crippen LogP contribution in [0, 0.1) is 5.82 Å². The second kappa shape index (κ2) is 7.85. The Morgan fingerprint density at radius 2 is 1.95 bits per heavy atom. The van der Waals surface area contributed by atoms with Crippen molar-refractivity contribution in [3.63, 3.8) is 0 Å². The van der Waals surface area contributed by atoms with Crippen molar-refractivity contribution in [1.82, 2.24) is 5.32 Å². The van der Waals surface area contributed by atoms with Crippen LogP contribution in [0.25, 0.3) is 0 Å². The maximum atomic E-state index is 13.5. The molecular weight excluding hydrogens is 309 g/mol. The van der Waals surface area contributed by atoms with E-state index in [0.717, 1.165) is 11.0 Å². The molecule has 1 fully saturated rings. The third kappa shape index (κ3) is 5.11. The third-order valence-electron chi connectivity index (χ3n) is 3.54. The van der Waals surface area contributed by atoms with Crippen LogP contribution >= 0.6 is 15.9 Å². The van der Waals surface area contributed by atoms with Crippen molar-refractivity contribution in [2.24, 2.45) is 0 Å². The summed E-state index contributed by atoms with van der Waals surface area (Å²) >= 11 is 3.23. The van der Waals surface area contributed by atoms with Gasteiger partial charge in [-0.1, -0.05) is 41.6 Å². The molecule has 0 heterocycles. The molecule has 1 N–H and O–H groups in total. The summed E-state index contributed by atoms with van der Waals surface area (Å²) in [5, 5.41) is 3.51. The fraction of sp³-hybridized carbons (Fsp3) is 0.600. The number of hydrogen-bond acceptors (Lipinski definition) is 2. The SMILES string of the molecule is Fc1cc(Br)ccc1OCCNC1CCCCCC1. The predicted molar refractivity (Wildman–Crippen MR) is 79.1 cm³/mol. The van der Waals surface area contributed by atoms with Crippen LogP contribution in [-0.2, 0) is 0 Å². The molecule has 0 atom stereocenters. The van der Waals surface area contributed by atoms with Gasteiger partial charge in [0.15, 0.2) is 11.6 Å². The summed E-state index contributed by atoms with van der Waals surface area (Å²) in [6.45, 7) is 1.29. The summed E-state index contributed by atoms with van der Waals surface area (Å²) in [5.74, 6) is 0.00899. The lowest BCUT2D eigenvalue weighted by atomic mass is 10.1. The molecule has 0 unspecified atom stereocenters. The lowest BCUT2D eigenvalue weighted by molar-refractivity contribution is 0.287. The molecule has 0 bridgehead atoms. The number of ether oxygens (including phenoxy) is 1. The predicted octanol–water partition coefficient (Wildman–Crippen LogP) is 4.28. The van der Waals surface area contributed by atoms with Crippen LogP contribution in [-0.4, -0.2) is 19.2 Å². The van der Waals surface area contributed by atoms with Gasteiger partial charge >= 0.3 is 0 Å². The molecule has 0 saturated heterocycles. The van der Waals surface area contributed by atoms with Crippen molar-refractivity contribution in [3.05, 3.63) is 28.5 Å². The molecule has 0 radical (unpaired) electrons. The highest BCUT2D eigenvalue weighted by Gasteiger charge is 2.11. The van der Waals surface area contributed by atoms with Crippen LogP contribution in [0.15, 0.2) is 22.7 Å². The Bertz CT molecular complexity index is 392. The van der Waals surface area contributed by atoms with Gasteiger partial charge in [-0.25, -0.2) is 4.39 Å². The minimum Gasteiger partial charge on any atom is -0.489 e. The lowest BCUT2D eigenvalue weighted by Gasteiger charge is -2.16. The number of nitrogens with one attached hydrogen (secondary N) is 1. The van der Waals surface area contributed by atoms with Crippen LogP contribution in [0.3, 0.4) is 0 Å². The molecular formula is C15H21BrFNO. The molecule has 0 aromatic heterocycles. The van der Waals surface area contributed by atoms with Gasteiger partial charge < -0.3 is 10.1 Å². The zero-order chi connectivity index (χ0) is 13.5. The van der Waals surface area contributed by atoms with Crippen molar-refractivity contribution in [2.75, 3.05) is 13.2 Å². The first kappa shape index (κ1) is 14.8.